The highest BCUT2D eigenvalue weighted by molar-refractivity contribution is 4.87. The Bertz CT molecular complexity index is 252. The van der Waals surface area contributed by atoms with E-state index in [9.17, 15) is 13.2 Å². The summed E-state index contributed by atoms with van der Waals surface area (Å²) in [5, 5.41) is 3.31. The van der Waals surface area contributed by atoms with Crippen LogP contribution in [-0.4, -0.2) is 18.3 Å². The third kappa shape index (κ3) is 5.33. The lowest BCUT2D eigenvalue weighted by atomic mass is 9.83. The van der Waals surface area contributed by atoms with Crippen LogP contribution in [0, 0.1) is 11.8 Å². The van der Waals surface area contributed by atoms with Gasteiger partial charge in [0, 0.05) is 12.1 Å². The van der Waals surface area contributed by atoms with E-state index in [2.05, 4.69) is 26.1 Å². The van der Waals surface area contributed by atoms with E-state index in [0.29, 0.717) is 25.2 Å². The van der Waals surface area contributed by atoms with Crippen LogP contribution in [0.2, 0.25) is 0 Å². The van der Waals surface area contributed by atoms with Crippen molar-refractivity contribution in [3.8, 4) is 0 Å². The number of rotatable bonds is 6. The molecule has 4 atom stereocenters. The van der Waals surface area contributed by atoms with Crippen LogP contribution in [0.5, 0.6) is 0 Å². The molecule has 0 spiro atoms. The minimum Gasteiger partial charge on any atom is -0.311 e. The van der Waals surface area contributed by atoms with E-state index < -0.39 is 12.1 Å². The maximum absolute atomic E-state index is 13.0. The molecule has 0 aromatic heterocycles. The second kappa shape index (κ2) is 7.51. The Labute approximate surface area is 115 Å². The van der Waals surface area contributed by atoms with Gasteiger partial charge in [0.15, 0.2) is 0 Å². The Morgan fingerprint density at radius 2 is 1.74 bits per heavy atom. The molecule has 114 valence electrons. The van der Waals surface area contributed by atoms with Gasteiger partial charge >= 0.3 is 6.18 Å². The molecule has 1 N–H and O–H groups in total. The van der Waals surface area contributed by atoms with E-state index in [4.69, 9.17) is 0 Å². The Morgan fingerprint density at radius 3 is 2.26 bits per heavy atom. The van der Waals surface area contributed by atoms with Gasteiger partial charge in [0.2, 0.25) is 0 Å². The standard InChI is InChI=1S/C15H28F3N/c1-4-11(3)10-12(5-2)19-14-9-7-6-8-13(14)15(16,17)18/h11-14,19H,4-10H2,1-3H3. The van der Waals surface area contributed by atoms with E-state index in [1.165, 1.54) is 0 Å². The maximum atomic E-state index is 13.0. The van der Waals surface area contributed by atoms with E-state index >= 15 is 0 Å². The summed E-state index contributed by atoms with van der Waals surface area (Å²) in [4.78, 5) is 0. The van der Waals surface area contributed by atoms with E-state index in [1.807, 2.05) is 0 Å². The number of hydrogen-bond donors (Lipinski definition) is 1. The lowest BCUT2D eigenvalue weighted by Gasteiger charge is -2.36. The molecule has 0 aromatic rings. The summed E-state index contributed by atoms with van der Waals surface area (Å²) >= 11 is 0. The van der Waals surface area contributed by atoms with Gasteiger partial charge in [-0.3, -0.25) is 0 Å². The normalized spacial score (nSPS) is 28.1. The minimum absolute atomic E-state index is 0.225. The van der Waals surface area contributed by atoms with Gasteiger partial charge in [-0.1, -0.05) is 40.0 Å². The summed E-state index contributed by atoms with van der Waals surface area (Å²) in [6.07, 6.45) is 1.52. The van der Waals surface area contributed by atoms with Crippen LogP contribution in [-0.2, 0) is 0 Å². The molecule has 1 saturated carbocycles. The molecule has 0 heterocycles. The van der Waals surface area contributed by atoms with Crippen LogP contribution in [0.3, 0.4) is 0 Å². The first-order chi connectivity index (χ1) is 8.88. The topological polar surface area (TPSA) is 12.0 Å². The van der Waals surface area contributed by atoms with E-state index in [0.717, 1.165) is 25.7 Å². The first-order valence-corrected chi connectivity index (χ1v) is 7.71. The predicted octanol–water partition coefficient (Wildman–Crippen LogP) is 4.91. The van der Waals surface area contributed by atoms with E-state index in [-0.39, 0.29) is 12.1 Å². The molecule has 1 aliphatic carbocycles. The number of hydrogen-bond acceptors (Lipinski definition) is 1. The van der Waals surface area contributed by atoms with Crippen molar-refractivity contribution in [1.29, 1.82) is 0 Å². The maximum Gasteiger partial charge on any atom is 0.393 e. The minimum atomic E-state index is -4.05. The van der Waals surface area contributed by atoms with Crippen molar-refractivity contribution in [3.63, 3.8) is 0 Å². The summed E-state index contributed by atoms with van der Waals surface area (Å²) in [5.74, 6) is -0.572. The van der Waals surface area contributed by atoms with Crippen LogP contribution >= 0.6 is 0 Å². The van der Waals surface area contributed by atoms with Gasteiger partial charge in [0.25, 0.3) is 0 Å². The van der Waals surface area contributed by atoms with E-state index in [1.54, 1.807) is 0 Å². The molecule has 0 aromatic carbocycles. The molecule has 0 radical (unpaired) electrons. The number of alkyl halides is 3. The fourth-order valence-corrected chi connectivity index (χ4v) is 3.03. The Hall–Kier alpha value is -0.250. The molecule has 1 aliphatic rings. The zero-order valence-electron chi connectivity index (χ0n) is 12.4. The summed E-state index contributed by atoms with van der Waals surface area (Å²) in [7, 11) is 0. The third-order valence-electron chi connectivity index (χ3n) is 4.51. The summed E-state index contributed by atoms with van der Waals surface area (Å²) in [6, 6.07) is -0.148. The van der Waals surface area contributed by atoms with Gasteiger partial charge in [0.1, 0.15) is 0 Å². The highest BCUT2D eigenvalue weighted by atomic mass is 19.4. The fourth-order valence-electron chi connectivity index (χ4n) is 3.03. The van der Waals surface area contributed by atoms with Crippen LogP contribution in [0.1, 0.15) is 65.7 Å². The molecule has 0 saturated heterocycles. The quantitative estimate of drug-likeness (QED) is 0.728. The van der Waals surface area contributed by atoms with Gasteiger partial charge in [-0.15, -0.1) is 0 Å². The molecule has 4 unspecified atom stereocenters. The zero-order valence-corrected chi connectivity index (χ0v) is 12.4. The lowest BCUT2D eigenvalue weighted by Crippen LogP contribution is -2.49. The number of halogens is 3. The first kappa shape index (κ1) is 16.8. The van der Waals surface area contributed by atoms with Crippen molar-refractivity contribution < 1.29 is 13.2 Å². The Balaban J connectivity index is 2.59. The molecule has 1 nitrogen and oxygen atoms in total. The van der Waals surface area contributed by atoms with Crippen LogP contribution in [0.25, 0.3) is 0 Å². The SMILES string of the molecule is CCC(C)CC(CC)NC1CCCCC1C(F)(F)F. The molecule has 0 aliphatic heterocycles. The summed E-state index contributed by atoms with van der Waals surface area (Å²) in [5.41, 5.74) is 0. The zero-order chi connectivity index (χ0) is 14.5. The van der Waals surface area contributed by atoms with Crippen LogP contribution < -0.4 is 5.32 Å². The van der Waals surface area contributed by atoms with Gasteiger partial charge in [-0.05, 0) is 31.6 Å². The van der Waals surface area contributed by atoms with Gasteiger partial charge in [-0.25, -0.2) is 0 Å². The van der Waals surface area contributed by atoms with Crippen molar-refractivity contribution in [2.45, 2.75) is 84.0 Å². The molecule has 0 bridgehead atoms. The predicted molar refractivity (Wildman–Crippen MR) is 73.1 cm³/mol. The molecular formula is C15H28F3N. The average Bonchev–Trinajstić information content (AvgIpc) is 2.37. The smallest absolute Gasteiger partial charge is 0.311 e. The fraction of sp³-hybridized carbons (Fsp3) is 1.00. The summed E-state index contributed by atoms with van der Waals surface area (Å²) in [6.45, 7) is 6.37. The Morgan fingerprint density at radius 1 is 1.11 bits per heavy atom. The second-order valence-electron chi connectivity index (χ2n) is 6.06. The molecular weight excluding hydrogens is 251 g/mol. The highest BCUT2D eigenvalue weighted by Gasteiger charge is 2.45. The van der Waals surface area contributed by atoms with Gasteiger partial charge in [-0.2, -0.15) is 13.2 Å². The second-order valence-corrected chi connectivity index (χ2v) is 6.06. The molecule has 1 rings (SSSR count). The van der Waals surface area contributed by atoms with Crippen molar-refractivity contribution in [2.24, 2.45) is 11.8 Å². The van der Waals surface area contributed by atoms with Crippen LogP contribution in [0.4, 0.5) is 13.2 Å². The summed E-state index contributed by atoms with van der Waals surface area (Å²) < 4.78 is 39.1. The molecule has 0 amide bonds. The molecule has 1 fully saturated rings. The third-order valence-corrected chi connectivity index (χ3v) is 4.51. The first-order valence-electron chi connectivity index (χ1n) is 7.71. The van der Waals surface area contributed by atoms with Crippen molar-refractivity contribution >= 4 is 0 Å². The Kier molecular flexibility index (Phi) is 6.64. The van der Waals surface area contributed by atoms with Crippen molar-refractivity contribution in [2.75, 3.05) is 0 Å². The lowest BCUT2D eigenvalue weighted by molar-refractivity contribution is -0.189. The number of nitrogens with one attached hydrogen (secondary N) is 1. The van der Waals surface area contributed by atoms with Gasteiger partial charge in [0.05, 0.1) is 5.92 Å². The van der Waals surface area contributed by atoms with Crippen molar-refractivity contribution in [3.05, 3.63) is 0 Å². The monoisotopic (exact) mass is 279 g/mol. The molecule has 4 heteroatoms. The van der Waals surface area contributed by atoms with Crippen molar-refractivity contribution in [1.82, 2.24) is 5.32 Å². The highest BCUT2D eigenvalue weighted by Crippen LogP contribution is 2.38. The average molecular weight is 279 g/mol. The van der Waals surface area contributed by atoms with Crippen LogP contribution in [0.15, 0.2) is 0 Å². The molecule has 19 heavy (non-hydrogen) atoms. The largest absolute Gasteiger partial charge is 0.393 e. The van der Waals surface area contributed by atoms with Gasteiger partial charge < -0.3 is 5.32 Å².